The van der Waals surface area contributed by atoms with Gasteiger partial charge in [0.05, 0.1) is 0 Å². The van der Waals surface area contributed by atoms with Crippen LogP contribution < -0.4 is 5.59 Å². The molecule has 1 aromatic heterocycles. The van der Waals surface area contributed by atoms with Crippen LogP contribution in [0.1, 0.15) is 0 Å². The summed E-state index contributed by atoms with van der Waals surface area (Å²) >= 11 is 3.42. The number of benzene rings is 1. The first-order valence-corrected chi connectivity index (χ1v) is 5.00. The van der Waals surface area contributed by atoms with E-state index in [-0.39, 0.29) is 0 Å². The van der Waals surface area contributed by atoms with Crippen molar-refractivity contribution in [1.82, 2.24) is 4.57 Å². The fourth-order valence-corrected chi connectivity index (χ4v) is 2.06. The molecule has 0 fully saturated rings. The molecule has 0 aliphatic carbocycles. The topological polar surface area (TPSA) is 45.4 Å². The highest BCUT2D eigenvalue weighted by atomic mass is 79.9. The van der Waals surface area contributed by atoms with E-state index < -0.39 is 7.12 Å². The molecule has 1 heterocycles. The number of halogens is 1. The Morgan fingerprint density at radius 2 is 2.07 bits per heavy atom. The molecule has 2 aromatic rings. The Kier molecular flexibility index (Phi) is 2.39. The molecule has 3 nitrogen and oxygen atoms in total. The normalized spacial score (nSPS) is 10.9. The van der Waals surface area contributed by atoms with Gasteiger partial charge in [-0.25, -0.2) is 0 Å². The van der Waals surface area contributed by atoms with E-state index in [4.69, 9.17) is 10.0 Å². The first-order chi connectivity index (χ1) is 6.61. The highest BCUT2D eigenvalue weighted by Crippen LogP contribution is 2.23. The first-order valence-electron chi connectivity index (χ1n) is 4.21. The molecular formula is C9H9BBrNO2. The zero-order chi connectivity index (χ0) is 10.3. The van der Waals surface area contributed by atoms with Gasteiger partial charge in [0.15, 0.2) is 0 Å². The minimum Gasteiger partial charge on any atom is -0.422 e. The predicted octanol–water partition coefficient (Wildman–Crippen LogP) is 0.621. The summed E-state index contributed by atoms with van der Waals surface area (Å²) in [4.78, 5) is 0. The summed E-state index contributed by atoms with van der Waals surface area (Å²) in [6, 6.07) is 7.55. The summed E-state index contributed by atoms with van der Waals surface area (Å²) in [6.45, 7) is 0. The van der Waals surface area contributed by atoms with Crippen molar-refractivity contribution < 1.29 is 10.0 Å². The van der Waals surface area contributed by atoms with Crippen molar-refractivity contribution in [3.8, 4) is 0 Å². The van der Waals surface area contributed by atoms with E-state index in [0.29, 0.717) is 5.59 Å². The van der Waals surface area contributed by atoms with E-state index in [1.165, 1.54) is 0 Å². The Balaban J connectivity index is 2.80. The van der Waals surface area contributed by atoms with E-state index in [0.717, 1.165) is 15.4 Å². The number of fused-ring (bicyclic) bond motifs is 1. The molecule has 0 bridgehead atoms. The van der Waals surface area contributed by atoms with Crippen LogP contribution in [0, 0.1) is 0 Å². The molecule has 1 aromatic carbocycles. The van der Waals surface area contributed by atoms with Gasteiger partial charge in [-0.1, -0.05) is 22.0 Å². The zero-order valence-corrected chi connectivity index (χ0v) is 9.19. The van der Waals surface area contributed by atoms with E-state index in [1.807, 2.05) is 25.2 Å². The third-order valence-corrected chi connectivity index (χ3v) is 3.03. The molecule has 14 heavy (non-hydrogen) atoms. The zero-order valence-electron chi connectivity index (χ0n) is 7.61. The molecule has 0 aliphatic heterocycles. The molecular weight excluding hydrogens is 245 g/mol. The lowest BCUT2D eigenvalue weighted by Gasteiger charge is -2.01. The molecule has 0 atom stereocenters. The third-order valence-electron chi connectivity index (χ3n) is 2.34. The van der Waals surface area contributed by atoms with Crippen molar-refractivity contribution in [3.05, 3.63) is 28.7 Å². The number of rotatable bonds is 1. The summed E-state index contributed by atoms with van der Waals surface area (Å²) in [6.07, 6.45) is 0. The second-order valence-corrected chi connectivity index (χ2v) is 4.03. The van der Waals surface area contributed by atoms with Gasteiger partial charge in [-0.15, -0.1) is 0 Å². The van der Waals surface area contributed by atoms with Crippen LogP contribution >= 0.6 is 15.9 Å². The van der Waals surface area contributed by atoms with Crippen LogP contribution in [0.4, 0.5) is 0 Å². The van der Waals surface area contributed by atoms with E-state index in [9.17, 15) is 0 Å². The predicted molar refractivity (Wildman–Crippen MR) is 60.4 cm³/mol. The van der Waals surface area contributed by atoms with Crippen molar-refractivity contribution >= 4 is 39.5 Å². The molecule has 2 N–H and O–H groups in total. The lowest BCUT2D eigenvalue weighted by atomic mass is 9.86. The molecule has 0 saturated heterocycles. The Labute approximate surface area is 90.2 Å². The SMILES string of the molecule is Cn1c(B(O)O)cc2c(Br)cccc21. The molecule has 72 valence electrons. The summed E-state index contributed by atoms with van der Waals surface area (Å²) in [5.74, 6) is 0. The van der Waals surface area contributed by atoms with Gasteiger partial charge in [-0.3, -0.25) is 0 Å². The van der Waals surface area contributed by atoms with Crippen LogP contribution in [0.5, 0.6) is 0 Å². The highest BCUT2D eigenvalue weighted by Gasteiger charge is 2.17. The molecule has 0 aliphatic rings. The van der Waals surface area contributed by atoms with Gasteiger partial charge in [-0.2, -0.15) is 0 Å². The molecule has 2 rings (SSSR count). The molecule has 0 radical (unpaired) electrons. The minimum absolute atomic E-state index is 0.493. The first kappa shape index (κ1) is 9.77. The Morgan fingerprint density at radius 3 is 2.64 bits per heavy atom. The summed E-state index contributed by atoms with van der Waals surface area (Å²) in [7, 11) is 0.378. The molecule has 0 saturated carbocycles. The van der Waals surface area contributed by atoms with Gasteiger partial charge in [0.25, 0.3) is 0 Å². The van der Waals surface area contributed by atoms with Crippen molar-refractivity contribution in [2.45, 2.75) is 0 Å². The van der Waals surface area contributed by atoms with Crippen LogP contribution in [0.2, 0.25) is 0 Å². The van der Waals surface area contributed by atoms with Gasteiger partial charge in [0.2, 0.25) is 0 Å². The fourth-order valence-electron chi connectivity index (χ4n) is 1.59. The number of hydrogen-bond donors (Lipinski definition) is 2. The minimum atomic E-state index is -1.43. The van der Waals surface area contributed by atoms with Crippen LogP contribution in [0.15, 0.2) is 28.7 Å². The Morgan fingerprint density at radius 1 is 1.36 bits per heavy atom. The number of nitrogens with zero attached hydrogens (tertiary/aromatic N) is 1. The van der Waals surface area contributed by atoms with Crippen molar-refractivity contribution in [2.24, 2.45) is 7.05 Å². The average Bonchev–Trinajstić information content (AvgIpc) is 2.46. The summed E-state index contributed by atoms with van der Waals surface area (Å²) in [5.41, 5.74) is 1.47. The largest absolute Gasteiger partial charge is 0.505 e. The highest BCUT2D eigenvalue weighted by molar-refractivity contribution is 9.10. The lowest BCUT2D eigenvalue weighted by molar-refractivity contribution is 0.423. The third kappa shape index (κ3) is 1.37. The quantitative estimate of drug-likeness (QED) is 0.732. The Bertz CT molecular complexity index is 481. The Hall–Kier alpha value is -0.775. The van der Waals surface area contributed by atoms with Crippen molar-refractivity contribution in [3.63, 3.8) is 0 Å². The van der Waals surface area contributed by atoms with Crippen LogP contribution in [-0.4, -0.2) is 21.7 Å². The molecule has 0 amide bonds. The standard InChI is InChI=1S/C9H9BBrNO2/c1-12-8-4-2-3-7(11)6(8)5-9(12)10(13)14/h2-5,13-14H,1H3. The van der Waals surface area contributed by atoms with E-state index >= 15 is 0 Å². The summed E-state index contributed by atoms with van der Waals surface area (Å²) in [5, 5.41) is 19.2. The molecule has 5 heteroatoms. The maximum absolute atomic E-state index is 9.12. The van der Waals surface area contributed by atoms with E-state index in [2.05, 4.69) is 15.9 Å². The van der Waals surface area contributed by atoms with Gasteiger partial charge in [0.1, 0.15) is 0 Å². The van der Waals surface area contributed by atoms with Gasteiger partial charge >= 0.3 is 7.12 Å². The average molecular weight is 254 g/mol. The van der Waals surface area contributed by atoms with Crippen LogP contribution in [-0.2, 0) is 7.05 Å². The van der Waals surface area contributed by atoms with Gasteiger partial charge in [0, 0.05) is 28.0 Å². The number of aryl methyl sites for hydroxylation is 1. The fraction of sp³-hybridized carbons (Fsp3) is 0.111. The maximum Gasteiger partial charge on any atom is 0.505 e. The number of aromatic nitrogens is 1. The monoisotopic (exact) mass is 253 g/mol. The van der Waals surface area contributed by atoms with Crippen molar-refractivity contribution in [1.29, 1.82) is 0 Å². The van der Waals surface area contributed by atoms with Crippen molar-refractivity contribution in [2.75, 3.05) is 0 Å². The maximum atomic E-state index is 9.12. The second-order valence-electron chi connectivity index (χ2n) is 3.17. The van der Waals surface area contributed by atoms with Gasteiger partial charge < -0.3 is 14.6 Å². The number of hydrogen-bond acceptors (Lipinski definition) is 2. The van der Waals surface area contributed by atoms with E-state index in [1.54, 1.807) is 10.6 Å². The van der Waals surface area contributed by atoms with Crippen LogP contribution in [0.25, 0.3) is 10.9 Å². The smallest absolute Gasteiger partial charge is 0.422 e. The summed E-state index contributed by atoms with van der Waals surface area (Å²) < 4.78 is 2.72. The second kappa shape index (κ2) is 3.42. The molecule has 0 unspecified atom stereocenters. The molecule has 0 spiro atoms. The van der Waals surface area contributed by atoms with Crippen LogP contribution in [0.3, 0.4) is 0 Å². The lowest BCUT2D eigenvalue weighted by Crippen LogP contribution is -2.34. The van der Waals surface area contributed by atoms with Gasteiger partial charge in [-0.05, 0) is 18.2 Å².